The summed E-state index contributed by atoms with van der Waals surface area (Å²) in [6.45, 7) is 5.05. The zero-order chi connectivity index (χ0) is 21.3. The van der Waals surface area contributed by atoms with Gasteiger partial charge in [0, 0.05) is 32.4 Å². The molecule has 1 aromatic heterocycles. The van der Waals surface area contributed by atoms with Crippen LogP contribution in [-0.2, 0) is 9.53 Å². The number of carbonyl (C=O) groups excluding carboxylic acids is 2. The molecule has 1 amide bonds. The lowest BCUT2D eigenvalue weighted by Gasteiger charge is -2.23. The highest BCUT2D eigenvalue weighted by Crippen LogP contribution is 2.16. The second kappa shape index (κ2) is 10.6. The van der Waals surface area contributed by atoms with Gasteiger partial charge >= 0.3 is 5.97 Å². The van der Waals surface area contributed by atoms with Gasteiger partial charge in [-0.3, -0.25) is 4.79 Å². The fourth-order valence-electron chi connectivity index (χ4n) is 3.25. The van der Waals surface area contributed by atoms with Gasteiger partial charge in [0.25, 0.3) is 0 Å². The highest BCUT2D eigenvalue weighted by molar-refractivity contribution is 5.89. The average Bonchev–Trinajstić information content (AvgIpc) is 3.02. The molecule has 1 saturated heterocycles. The third-order valence-corrected chi connectivity index (χ3v) is 4.83. The smallest absolute Gasteiger partial charge is 0.339 e. The van der Waals surface area contributed by atoms with Crippen molar-refractivity contribution in [1.82, 2.24) is 9.88 Å². The first-order valence-corrected chi connectivity index (χ1v) is 10.1. The van der Waals surface area contributed by atoms with E-state index >= 15 is 0 Å². The molecular weight excluding hydrogens is 389 g/mol. The van der Waals surface area contributed by atoms with Crippen molar-refractivity contribution in [3.05, 3.63) is 54.0 Å². The van der Waals surface area contributed by atoms with Crippen LogP contribution >= 0.6 is 0 Å². The van der Waals surface area contributed by atoms with Crippen molar-refractivity contribution in [3.63, 3.8) is 0 Å². The van der Waals surface area contributed by atoms with Gasteiger partial charge in [-0.15, -0.1) is 0 Å². The summed E-state index contributed by atoms with van der Waals surface area (Å²) >= 11 is 0. The SMILES string of the molecule is CCOC(=O)c1ccc(N2CCCN(C(=O)CCOc3ccc(F)cc3)CC2)nc1. The van der Waals surface area contributed by atoms with Gasteiger partial charge in [-0.25, -0.2) is 14.2 Å². The Bertz CT molecular complexity index is 842. The number of anilines is 1. The molecule has 7 nitrogen and oxygen atoms in total. The van der Waals surface area contributed by atoms with Gasteiger partial charge in [-0.2, -0.15) is 0 Å². The van der Waals surface area contributed by atoms with Gasteiger partial charge in [0.1, 0.15) is 17.4 Å². The van der Waals surface area contributed by atoms with Gasteiger partial charge < -0.3 is 19.3 Å². The molecule has 30 heavy (non-hydrogen) atoms. The number of esters is 1. The molecule has 1 fully saturated rings. The fraction of sp³-hybridized carbons (Fsp3) is 0.409. The fourth-order valence-corrected chi connectivity index (χ4v) is 3.25. The Hall–Kier alpha value is -3.16. The lowest BCUT2D eigenvalue weighted by atomic mass is 10.2. The third kappa shape index (κ3) is 5.92. The summed E-state index contributed by atoms with van der Waals surface area (Å²) in [6.07, 6.45) is 2.61. The van der Waals surface area contributed by atoms with E-state index in [-0.39, 0.29) is 30.7 Å². The Labute approximate surface area is 175 Å². The largest absolute Gasteiger partial charge is 0.493 e. The van der Waals surface area contributed by atoms with Crippen LogP contribution in [0.5, 0.6) is 5.75 Å². The Morgan fingerprint density at radius 1 is 1.07 bits per heavy atom. The second-order valence-electron chi connectivity index (χ2n) is 6.90. The Balaban J connectivity index is 1.47. The molecule has 2 heterocycles. The lowest BCUT2D eigenvalue weighted by molar-refractivity contribution is -0.131. The number of halogens is 1. The van der Waals surface area contributed by atoms with E-state index in [1.54, 1.807) is 31.2 Å². The van der Waals surface area contributed by atoms with Crippen LogP contribution in [0.3, 0.4) is 0 Å². The number of aromatic nitrogens is 1. The number of rotatable bonds is 7. The van der Waals surface area contributed by atoms with Crippen molar-refractivity contribution >= 4 is 17.7 Å². The maximum Gasteiger partial charge on any atom is 0.339 e. The number of hydrogen-bond acceptors (Lipinski definition) is 6. The third-order valence-electron chi connectivity index (χ3n) is 4.83. The molecule has 2 aromatic rings. The van der Waals surface area contributed by atoms with Gasteiger partial charge in [-0.1, -0.05) is 0 Å². The molecule has 1 aliphatic rings. The Kier molecular flexibility index (Phi) is 7.59. The Morgan fingerprint density at radius 2 is 1.87 bits per heavy atom. The predicted octanol–water partition coefficient (Wildman–Crippen LogP) is 2.91. The van der Waals surface area contributed by atoms with Crippen LogP contribution in [0.4, 0.5) is 10.2 Å². The molecule has 0 unspecified atom stereocenters. The minimum Gasteiger partial charge on any atom is -0.493 e. The van der Waals surface area contributed by atoms with Gasteiger partial charge in [0.15, 0.2) is 0 Å². The number of carbonyl (C=O) groups is 2. The first-order valence-electron chi connectivity index (χ1n) is 10.1. The van der Waals surface area contributed by atoms with Crippen LogP contribution in [0.15, 0.2) is 42.6 Å². The number of benzene rings is 1. The topological polar surface area (TPSA) is 72.0 Å². The van der Waals surface area contributed by atoms with Crippen molar-refractivity contribution in [2.45, 2.75) is 19.8 Å². The first-order chi connectivity index (χ1) is 14.6. The highest BCUT2D eigenvalue weighted by Gasteiger charge is 2.20. The maximum absolute atomic E-state index is 12.9. The van der Waals surface area contributed by atoms with Crippen molar-refractivity contribution in [2.75, 3.05) is 44.3 Å². The molecule has 0 radical (unpaired) electrons. The molecule has 0 bridgehead atoms. The Morgan fingerprint density at radius 3 is 2.57 bits per heavy atom. The molecular formula is C22H26FN3O4. The summed E-state index contributed by atoms with van der Waals surface area (Å²) in [6, 6.07) is 9.26. The normalized spacial score (nSPS) is 14.2. The summed E-state index contributed by atoms with van der Waals surface area (Å²) in [5, 5.41) is 0. The standard InChI is InChI=1S/C22H26FN3O4/c1-2-29-22(28)17-4-9-20(24-16-17)25-11-3-12-26(14-13-25)21(27)10-15-30-19-7-5-18(23)6-8-19/h4-9,16H,2-3,10-15H2,1H3. The van der Waals surface area contributed by atoms with Crippen LogP contribution in [0.1, 0.15) is 30.1 Å². The minimum atomic E-state index is -0.382. The van der Waals surface area contributed by atoms with E-state index in [9.17, 15) is 14.0 Å². The summed E-state index contributed by atoms with van der Waals surface area (Å²) in [4.78, 5) is 32.6. The van der Waals surface area contributed by atoms with Gasteiger partial charge in [0.05, 0.1) is 25.2 Å². The summed E-state index contributed by atoms with van der Waals surface area (Å²) in [5.41, 5.74) is 0.424. The van der Waals surface area contributed by atoms with Gasteiger partial charge in [0.2, 0.25) is 5.91 Å². The van der Waals surface area contributed by atoms with E-state index in [1.165, 1.54) is 18.3 Å². The summed E-state index contributed by atoms with van der Waals surface area (Å²) in [7, 11) is 0. The zero-order valence-electron chi connectivity index (χ0n) is 17.1. The molecule has 0 aliphatic carbocycles. The van der Waals surface area contributed by atoms with E-state index in [4.69, 9.17) is 9.47 Å². The number of hydrogen-bond donors (Lipinski definition) is 0. The van der Waals surface area contributed by atoms with Gasteiger partial charge in [-0.05, 0) is 49.7 Å². The van der Waals surface area contributed by atoms with E-state index in [1.807, 2.05) is 4.90 Å². The van der Waals surface area contributed by atoms with E-state index < -0.39 is 0 Å². The van der Waals surface area contributed by atoms with Crippen LogP contribution in [0.25, 0.3) is 0 Å². The van der Waals surface area contributed by atoms with Crippen molar-refractivity contribution < 1.29 is 23.5 Å². The molecule has 1 aromatic carbocycles. The highest BCUT2D eigenvalue weighted by atomic mass is 19.1. The van der Waals surface area contributed by atoms with Crippen LogP contribution in [-0.4, -0.2) is 61.2 Å². The van der Waals surface area contributed by atoms with Crippen LogP contribution in [0.2, 0.25) is 0 Å². The number of ether oxygens (including phenoxy) is 2. The molecule has 0 N–H and O–H groups in total. The minimum absolute atomic E-state index is 0.0320. The molecule has 1 aliphatic heterocycles. The average molecular weight is 415 g/mol. The monoisotopic (exact) mass is 415 g/mol. The lowest BCUT2D eigenvalue weighted by Crippen LogP contribution is -2.36. The number of amides is 1. The number of pyridine rings is 1. The summed E-state index contributed by atoms with van der Waals surface area (Å²) < 4.78 is 23.4. The molecule has 0 atom stereocenters. The van der Waals surface area contributed by atoms with Crippen molar-refractivity contribution in [3.8, 4) is 5.75 Å². The zero-order valence-corrected chi connectivity index (χ0v) is 17.1. The second-order valence-corrected chi connectivity index (χ2v) is 6.90. The summed E-state index contributed by atoms with van der Waals surface area (Å²) in [5.74, 6) is 0.648. The quantitative estimate of drug-likeness (QED) is 0.648. The van der Waals surface area contributed by atoms with E-state index in [0.29, 0.717) is 37.6 Å². The molecule has 3 rings (SSSR count). The molecule has 8 heteroatoms. The van der Waals surface area contributed by atoms with Crippen molar-refractivity contribution in [1.29, 1.82) is 0 Å². The molecule has 160 valence electrons. The first kappa shape index (κ1) is 21.5. The van der Waals surface area contributed by atoms with Crippen LogP contribution in [0, 0.1) is 5.82 Å². The molecule has 0 spiro atoms. The molecule has 0 saturated carbocycles. The van der Waals surface area contributed by atoms with Crippen LogP contribution < -0.4 is 9.64 Å². The van der Waals surface area contributed by atoms with Crippen molar-refractivity contribution in [2.24, 2.45) is 0 Å². The maximum atomic E-state index is 12.9. The predicted molar refractivity (Wildman–Crippen MR) is 110 cm³/mol. The number of nitrogens with zero attached hydrogens (tertiary/aromatic N) is 3. The van der Waals surface area contributed by atoms with E-state index in [2.05, 4.69) is 9.88 Å². The van der Waals surface area contributed by atoms with E-state index in [0.717, 1.165) is 18.8 Å².